The average molecular weight is 718 g/mol. The number of benzene rings is 3. The Hall–Kier alpha value is -5.17. The molecule has 6 rings (SSSR count). The molecule has 1 atom stereocenters. The van der Waals surface area contributed by atoms with E-state index in [0.29, 0.717) is 30.0 Å². The molecule has 0 aliphatic heterocycles. The Kier molecular flexibility index (Phi) is 11.3. The van der Waals surface area contributed by atoms with Crippen molar-refractivity contribution >= 4 is 58.5 Å². The van der Waals surface area contributed by atoms with Gasteiger partial charge in [0.25, 0.3) is 8.32 Å². The van der Waals surface area contributed by atoms with E-state index in [9.17, 15) is 9.90 Å². The number of aromatic nitrogens is 5. The largest absolute Gasteiger partial charge is 0.453 e. The lowest BCUT2D eigenvalue weighted by Crippen LogP contribution is -2.66. The quantitative estimate of drug-likeness (QED) is 0.106. The van der Waals surface area contributed by atoms with E-state index < -0.39 is 14.4 Å². The highest BCUT2D eigenvalue weighted by Crippen LogP contribution is 2.37. The van der Waals surface area contributed by atoms with Crippen LogP contribution >= 0.6 is 0 Å². The van der Waals surface area contributed by atoms with Crippen LogP contribution in [0.5, 0.6) is 0 Å². The van der Waals surface area contributed by atoms with E-state index in [0.717, 1.165) is 41.3 Å². The Morgan fingerprint density at radius 1 is 0.923 bits per heavy atom. The van der Waals surface area contributed by atoms with Crippen molar-refractivity contribution < 1.29 is 19.1 Å². The van der Waals surface area contributed by atoms with E-state index in [4.69, 9.17) is 19.2 Å². The van der Waals surface area contributed by atoms with E-state index in [1.807, 2.05) is 28.9 Å². The van der Waals surface area contributed by atoms with Gasteiger partial charge in [-0.1, -0.05) is 113 Å². The number of fused-ring (bicyclic) bond motifs is 2. The standard InChI is InChI=1S/C40H47N7O4Si/c1-6-14-30(22-24-51-52(40(2,3)4,31-15-9-7-10-16-31)32-17-11-8-12-18-32)43-37-36-34(44-38(45-37)46-39(49)50-5)25-42-47(36)26-28-20-21-29(27-48)33-19-13-23-41-35(28)33/h7-13,15-21,23,25,30,48H,6,14,22,24,26-27H2,1-5H3,(H2,43,44,45,46,49)/t30-/m0/s1. The molecule has 3 N–H and O–H groups in total. The highest BCUT2D eigenvalue weighted by Gasteiger charge is 2.50. The number of rotatable bonds is 14. The minimum Gasteiger partial charge on any atom is -0.453 e. The summed E-state index contributed by atoms with van der Waals surface area (Å²) in [7, 11) is -1.43. The highest BCUT2D eigenvalue weighted by atomic mass is 28.4. The molecule has 12 heteroatoms. The van der Waals surface area contributed by atoms with Crippen LogP contribution in [0, 0.1) is 0 Å². The molecule has 0 aliphatic carbocycles. The molecule has 0 fully saturated rings. The third-order valence-electron chi connectivity index (χ3n) is 9.50. The van der Waals surface area contributed by atoms with Crippen LogP contribution in [-0.4, -0.2) is 64.0 Å². The van der Waals surface area contributed by atoms with Crippen LogP contribution in [0.15, 0.2) is 97.3 Å². The second kappa shape index (κ2) is 16.0. The number of hydrogen-bond acceptors (Lipinski definition) is 9. The summed E-state index contributed by atoms with van der Waals surface area (Å²) in [6.45, 7) is 9.85. The monoisotopic (exact) mass is 717 g/mol. The maximum Gasteiger partial charge on any atom is 0.413 e. The summed E-state index contributed by atoms with van der Waals surface area (Å²) in [4.78, 5) is 26.3. The van der Waals surface area contributed by atoms with Crippen LogP contribution in [0.25, 0.3) is 21.9 Å². The first-order valence-electron chi connectivity index (χ1n) is 17.7. The lowest BCUT2D eigenvalue weighted by atomic mass is 10.0. The molecule has 0 saturated heterocycles. The zero-order valence-corrected chi connectivity index (χ0v) is 31.5. The number of pyridine rings is 1. The van der Waals surface area contributed by atoms with Gasteiger partial charge in [0.1, 0.15) is 11.0 Å². The number of ether oxygens (including phenoxy) is 1. The van der Waals surface area contributed by atoms with Crippen LogP contribution in [0.2, 0.25) is 5.04 Å². The number of methoxy groups -OCH3 is 1. The number of hydrogen-bond donors (Lipinski definition) is 3. The van der Waals surface area contributed by atoms with E-state index in [2.05, 4.69) is 109 Å². The van der Waals surface area contributed by atoms with E-state index in [-0.39, 0.29) is 23.6 Å². The fourth-order valence-electron chi connectivity index (χ4n) is 7.08. The molecule has 3 aromatic heterocycles. The SMILES string of the molecule is CCC[C@@H](CCO[Si](c1ccccc1)(c1ccccc1)C(C)(C)C)Nc1nc(NC(=O)OC)nc2cnn(Cc3ccc(CO)c4cccnc34)c12. The van der Waals surface area contributed by atoms with Crippen LogP contribution in [0.1, 0.15) is 58.1 Å². The van der Waals surface area contributed by atoms with Gasteiger partial charge < -0.3 is 19.6 Å². The minimum absolute atomic E-state index is 0.0121. The van der Waals surface area contributed by atoms with E-state index >= 15 is 0 Å². The van der Waals surface area contributed by atoms with Crippen molar-refractivity contribution in [2.75, 3.05) is 24.4 Å². The number of carbonyl (C=O) groups excluding carboxylic acids is 1. The molecule has 0 aliphatic rings. The summed E-state index contributed by atoms with van der Waals surface area (Å²) in [5, 5.41) is 24.2. The van der Waals surface area contributed by atoms with Gasteiger partial charge >= 0.3 is 6.09 Å². The van der Waals surface area contributed by atoms with Gasteiger partial charge in [0.2, 0.25) is 5.95 Å². The van der Waals surface area contributed by atoms with Gasteiger partial charge in [0.05, 0.1) is 32.0 Å². The maximum atomic E-state index is 12.2. The van der Waals surface area contributed by atoms with Crippen molar-refractivity contribution in [1.29, 1.82) is 0 Å². The number of carbonyl (C=O) groups is 1. The van der Waals surface area contributed by atoms with Gasteiger partial charge in [-0.25, -0.2) is 9.78 Å². The minimum atomic E-state index is -2.73. The maximum absolute atomic E-state index is 12.2. The molecule has 0 radical (unpaired) electrons. The number of amides is 1. The molecule has 52 heavy (non-hydrogen) atoms. The molecule has 11 nitrogen and oxygen atoms in total. The normalized spacial score (nSPS) is 12.6. The van der Waals surface area contributed by atoms with E-state index in [1.165, 1.54) is 17.5 Å². The second-order valence-corrected chi connectivity index (χ2v) is 18.2. The molecule has 3 heterocycles. The summed E-state index contributed by atoms with van der Waals surface area (Å²) in [5.74, 6) is 0.654. The van der Waals surface area contributed by atoms with E-state index in [1.54, 1.807) is 12.4 Å². The van der Waals surface area contributed by atoms with Crippen LogP contribution in [0.4, 0.5) is 16.6 Å². The zero-order chi connectivity index (χ0) is 36.7. The molecule has 3 aromatic carbocycles. The molecule has 0 bridgehead atoms. The van der Waals surface area contributed by atoms with Gasteiger partial charge in [0.15, 0.2) is 5.82 Å². The summed E-state index contributed by atoms with van der Waals surface area (Å²) in [6.07, 6.45) is 5.27. The van der Waals surface area contributed by atoms with Crippen molar-refractivity contribution in [3.05, 3.63) is 108 Å². The first-order valence-corrected chi connectivity index (χ1v) is 19.7. The average Bonchev–Trinajstić information content (AvgIpc) is 3.56. The van der Waals surface area contributed by atoms with Crippen molar-refractivity contribution in [1.82, 2.24) is 24.7 Å². The highest BCUT2D eigenvalue weighted by molar-refractivity contribution is 6.99. The van der Waals surface area contributed by atoms with Gasteiger partial charge in [-0.05, 0) is 45.4 Å². The van der Waals surface area contributed by atoms with Gasteiger partial charge in [-0.2, -0.15) is 10.1 Å². The number of aliphatic hydroxyl groups is 1. The number of nitrogens with one attached hydrogen (secondary N) is 2. The summed E-state index contributed by atoms with van der Waals surface area (Å²) in [6, 6.07) is 29.0. The molecular formula is C40H47N7O4Si. The first kappa shape index (κ1) is 36.6. The summed E-state index contributed by atoms with van der Waals surface area (Å²) < 4.78 is 14.0. The van der Waals surface area contributed by atoms with Crippen molar-refractivity contribution in [2.24, 2.45) is 0 Å². The Balaban J connectivity index is 1.35. The van der Waals surface area contributed by atoms with Gasteiger partial charge in [-0.15, -0.1) is 0 Å². The van der Waals surface area contributed by atoms with Crippen molar-refractivity contribution in [3.63, 3.8) is 0 Å². The van der Waals surface area contributed by atoms with Gasteiger partial charge in [-0.3, -0.25) is 15.0 Å². The Morgan fingerprint density at radius 2 is 1.62 bits per heavy atom. The lowest BCUT2D eigenvalue weighted by molar-refractivity contribution is 0.186. The smallest absolute Gasteiger partial charge is 0.413 e. The van der Waals surface area contributed by atoms with Crippen molar-refractivity contribution in [3.8, 4) is 0 Å². The third-order valence-corrected chi connectivity index (χ3v) is 14.5. The molecule has 270 valence electrons. The van der Waals surface area contributed by atoms with Gasteiger partial charge in [0, 0.05) is 24.2 Å². The molecule has 0 unspecified atom stereocenters. The Labute approximate surface area is 305 Å². The Morgan fingerprint density at radius 3 is 2.25 bits per heavy atom. The summed E-state index contributed by atoms with van der Waals surface area (Å²) in [5.41, 5.74) is 3.79. The first-order chi connectivity index (χ1) is 25.2. The topological polar surface area (TPSA) is 136 Å². The predicted octanol–water partition coefficient (Wildman–Crippen LogP) is 6.64. The Bertz CT molecular complexity index is 2080. The zero-order valence-electron chi connectivity index (χ0n) is 30.5. The van der Waals surface area contributed by atoms with Crippen LogP contribution in [0.3, 0.4) is 0 Å². The molecule has 1 amide bonds. The predicted molar refractivity (Wildman–Crippen MR) is 209 cm³/mol. The molecule has 0 spiro atoms. The molecule has 0 saturated carbocycles. The molecular weight excluding hydrogens is 671 g/mol. The van der Waals surface area contributed by atoms with Crippen molar-refractivity contribution in [2.45, 2.75) is 71.2 Å². The third kappa shape index (κ3) is 7.54. The fourth-order valence-corrected chi connectivity index (χ4v) is 11.7. The lowest BCUT2D eigenvalue weighted by Gasteiger charge is -2.43. The number of aliphatic hydroxyl groups excluding tert-OH is 1. The summed E-state index contributed by atoms with van der Waals surface area (Å²) >= 11 is 0. The second-order valence-electron chi connectivity index (χ2n) is 13.9. The number of anilines is 2. The fraction of sp³-hybridized carbons (Fsp3) is 0.325. The van der Waals surface area contributed by atoms with Crippen LogP contribution in [-0.2, 0) is 22.3 Å². The van der Waals surface area contributed by atoms with Crippen LogP contribution < -0.4 is 21.0 Å². The number of nitrogens with zero attached hydrogens (tertiary/aromatic N) is 5. The molecule has 6 aromatic rings.